The number of para-hydroxylation sites is 1. The molecule has 2 aliphatic rings. The number of rotatable bonds is 19. The first-order chi connectivity index (χ1) is 32.0. The fourth-order valence-electron chi connectivity index (χ4n) is 8.32. The van der Waals surface area contributed by atoms with Gasteiger partial charge in [0.2, 0.25) is 29.5 Å². The highest BCUT2D eigenvalue weighted by molar-refractivity contribution is 5.98. The highest BCUT2D eigenvalue weighted by atomic mass is 16.3. The number of anilines is 1. The van der Waals surface area contributed by atoms with Crippen molar-refractivity contribution in [1.82, 2.24) is 46.8 Å². The molecule has 67 heavy (non-hydrogen) atoms. The summed E-state index contributed by atoms with van der Waals surface area (Å²) in [7, 11) is 0. The van der Waals surface area contributed by atoms with Gasteiger partial charge < -0.3 is 53.0 Å². The first kappa shape index (κ1) is 51.0. The van der Waals surface area contributed by atoms with Crippen molar-refractivity contribution < 1.29 is 43.5 Å². The van der Waals surface area contributed by atoms with Crippen molar-refractivity contribution in [3.8, 4) is 0 Å². The molecule has 5 rings (SSSR count). The van der Waals surface area contributed by atoms with Crippen LogP contribution in [0.4, 0.5) is 10.5 Å². The van der Waals surface area contributed by atoms with E-state index < -0.39 is 102 Å². The van der Waals surface area contributed by atoms with E-state index in [4.69, 9.17) is 5.73 Å². The summed E-state index contributed by atoms with van der Waals surface area (Å²) in [5.74, 6) is -6.37. The molecule has 2 aromatic carbocycles. The molecule has 1 aliphatic heterocycles. The first-order valence-electron chi connectivity index (χ1n) is 22.6. The number of nitrogens with two attached hydrogens (primary N) is 1. The molecule has 360 valence electrons. The lowest BCUT2D eigenvalue weighted by Crippen LogP contribution is -2.61. The molecule has 1 aromatic heterocycles. The second-order valence-electron chi connectivity index (χ2n) is 18.1. The van der Waals surface area contributed by atoms with E-state index in [1.54, 1.807) is 88.4 Å². The number of urea groups is 1. The minimum atomic E-state index is -1.84. The third kappa shape index (κ3) is 14.5. The molecule has 1 saturated heterocycles. The quantitative estimate of drug-likeness (QED) is 0.0829. The third-order valence-electron chi connectivity index (χ3n) is 11.9. The number of hydrogen-bond acceptors (Lipinski definition) is 11. The zero-order valence-corrected chi connectivity index (χ0v) is 38.3. The van der Waals surface area contributed by atoms with E-state index in [1.807, 2.05) is 0 Å². The number of hydrogen-bond donors (Lipinski definition) is 9. The van der Waals surface area contributed by atoms with E-state index >= 15 is 0 Å². The largest absolute Gasteiger partial charge is 0.381 e. The minimum Gasteiger partial charge on any atom is -0.381 e. The number of nitrogens with zero attached hydrogens (tertiary/aromatic N) is 3. The molecule has 1 saturated carbocycles. The van der Waals surface area contributed by atoms with E-state index in [0.29, 0.717) is 30.5 Å². The minimum absolute atomic E-state index is 0.0312. The fraction of sp³-hybridized carbons (Fsp3) is 0.489. The number of primary amides is 1. The maximum atomic E-state index is 14.5. The maximum absolute atomic E-state index is 14.5. The van der Waals surface area contributed by atoms with Crippen molar-refractivity contribution >= 4 is 53.1 Å². The van der Waals surface area contributed by atoms with Crippen molar-refractivity contribution in [2.45, 2.75) is 109 Å². The van der Waals surface area contributed by atoms with Crippen LogP contribution in [0.2, 0.25) is 0 Å². The molecule has 20 nitrogen and oxygen atoms in total. The van der Waals surface area contributed by atoms with Crippen LogP contribution in [0.3, 0.4) is 0 Å². The summed E-state index contributed by atoms with van der Waals surface area (Å²) in [5.41, 5.74) is 5.57. The molecule has 7 atom stereocenters. The van der Waals surface area contributed by atoms with Crippen LogP contribution in [0.1, 0.15) is 94.7 Å². The van der Waals surface area contributed by atoms with Gasteiger partial charge in [0.05, 0.1) is 30.7 Å². The van der Waals surface area contributed by atoms with E-state index in [1.165, 1.54) is 23.5 Å². The fourth-order valence-corrected chi connectivity index (χ4v) is 8.32. The lowest BCUT2D eigenvalue weighted by molar-refractivity contribution is -0.135. The molecule has 0 spiro atoms. The predicted molar refractivity (Wildman–Crippen MR) is 246 cm³/mol. The van der Waals surface area contributed by atoms with Crippen LogP contribution < -0.4 is 43.0 Å². The van der Waals surface area contributed by atoms with Crippen LogP contribution in [-0.4, -0.2) is 117 Å². The van der Waals surface area contributed by atoms with Gasteiger partial charge in [0.15, 0.2) is 6.10 Å². The SMILES string of the molecule is CCC[C@H](NC(=O)C1CN(C(=O)Nc2ccccc2)CC1NC(=O)[C@@H](NC(=O)[C@@H](NC(=O)c1cnccn1)C1CCCCC1)C(C)(C)C)C(O)C(=O)NCC(=O)N[C@H](C(N)=O)c1ccccc1. The van der Waals surface area contributed by atoms with Crippen LogP contribution in [0.5, 0.6) is 0 Å². The average molecular weight is 926 g/mol. The van der Waals surface area contributed by atoms with Crippen LogP contribution in [0, 0.1) is 17.3 Å². The van der Waals surface area contributed by atoms with Crippen molar-refractivity contribution in [3.63, 3.8) is 0 Å². The van der Waals surface area contributed by atoms with Crippen LogP contribution in [-0.2, 0) is 28.8 Å². The second kappa shape index (κ2) is 24.0. The molecule has 3 unspecified atom stereocenters. The van der Waals surface area contributed by atoms with E-state index in [2.05, 4.69) is 47.2 Å². The number of likely N-dealkylation sites (tertiary alicyclic amines) is 1. The lowest BCUT2D eigenvalue weighted by atomic mass is 9.82. The molecule has 10 N–H and O–H groups in total. The number of amides is 9. The zero-order chi connectivity index (χ0) is 48.7. The van der Waals surface area contributed by atoms with Gasteiger partial charge in [-0.15, -0.1) is 0 Å². The van der Waals surface area contributed by atoms with Crippen LogP contribution >= 0.6 is 0 Å². The molecule has 2 heterocycles. The summed E-state index contributed by atoms with van der Waals surface area (Å²) in [6.07, 6.45) is 6.89. The second-order valence-corrected chi connectivity index (χ2v) is 18.1. The summed E-state index contributed by atoms with van der Waals surface area (Å²) >= 11 is 0. The van der Waals surface area contributed by atoms with Gasteiger partial charge in [0.25, 0.3) is 11.8 Å². The number of aliphatic hydroxyl groups excluding tert-OH is 1. The van der Waals surface area contributed by atoms with E-state index in [-0.39, 0.29) is 31.1 Å². The zero-order valence-electron chi connectivity index (χ0n) is 38.3. The molecule has 3 aromatic rings. The number of benzene rings is 2. The van der Waals surface area contributed by atoms with Crippen LogP contribution in [0.15, 0.2) is 79.3 Å². The van der Waals surface area contributed by atoms with Gasteiger partial charge in [-0.2, -0.15) is 0 Å². The molecular formula is C47H63N11O9. The first-order valence-corrected chi connectivity index (χ1v) is 22.6. The van der Waals surface area contributed by atoms with Gasteiger partial charge >= 0.3 is 6.03 Å². The summed E-state index contributed by atoms with van der Waals surface area (Å²) in [6.45, 7) is 6.13. The Bertz CT molecular complexity index is 2190. The van der Waals surface area contributed by atoms with Crippen molar-refractivity contribution in [1.29, 1.82) is 0 Å². The molecule has 0 bridgehead atoms. The van der Waals surface area contributed by atoms with Gasteiger partial charge in [-0.05, 0) is 48.3 Å². The number of nitrogens with one attached hydrogen (secondary N) is 7. The topological polar surface area (TPSA) is 296 Å². The van der Waals surface area contributed by atoms with Gasteiger partial charge in [-0.25, -0.2) is 9.78 Å². The Balaban J connectivity index is 1.31. The van der Waals surface area contributed by atoms with Crippen molar-refractivity contribution in [3.05, 3.63) is 90.5 Å². The van der Waals surface area contributed by atoms with E-state index in [0.717, 1.165) is 19.3 Å². The average Bonchev–Trinajstić information content (AvgIpc) is 3.75. The number of aromatic nitrogens is 2. The van der Waals surface area contributed by atoms with Crippen molar-refractivity contribution in [2.24, 2.45) is 23.0 Å². The molecule has 2 fully saturated rings. The summed E-state index contributed by atoms with van der Waals surface area (Å²) in [6, 6.07) is 10.8. The number of aliphatic hydroxyl groups is 1. The molecule has 20 heteroatoms. The Labute approximate surface area is 389 Å². The van der Waals surface area contributed by atoms with Crippen LogP contribution in [0.25, 0.3) is 0 Å². The predicted octanol–water partition coefficient (Wildman–Crippen LogP) is 1.44. The summed E-state index contributed by atoms with van der Waals surface area (Å²) < 4.78 is 0. The van der Waals surface area contributed by atoms with Gasteiger partial charge in [0, 0.05) is 31.2 Å². The van der Waals surface area contributed by atoms with Gasteiger partial charge in [-0.3, -0.25) is 38.5 Å². The van der Waals surface area contributed by atoms with Crippen molar-refractivity contribution in [2.75, 3.05) is 25.0 Å². The molecular weight excluding hydrogens is 863 g/mol. The maximum Gasteiger partial charge on any atom is 0.321 e. The Kier molecular flexibility index (Phi) is 18.3. The normalized spacial score (nSPS) is 18.4. The Hall–Kier alpha value is -6.96. The highest BCUT2D eigenvalue weighted by Crippen LogP contribution is 2.29. The van der Waals surface area contributed by atoms with E-state index in [9.17, 15) is 43.5 Å². The molecule has 0 radical (unpaired) electrons. The Morgan fingerprint density at radius 3 is 2.10 bits per heavy atom. The monoisotopic (exact) mass is 925 g/mol. The highest BCUT2D eigenvalue weighted by Gasteiger charge is 2.45. The Morgan fingerprint density at radius 2 is 1.49 bits per heavy atom. The summed E-state index contributed by atoms with van der Waals surface area (Å²) in [5, 5.41) is 30.2. The Morgan fingerprint density at radius 1 is 0.821 bits per heavy atom. The standard InChI is InChI=1S/C47H63N11O9/c1-5-15-32(38(60)44(65)51-25-35(59)55-36(40(48)61)28-16-9-6-10-17-28)53-41(62)31-26-58(46(67)52-30-20-13-8-14-21-30)27-34(31)54-45(66)39(47(2,3)4)57-43(64)37(29-18-11-7-12-19-29)56-42(63)33-24-49-22-23-50-33/h6,8-10,13-14,16-17,20-24,29,31-32,34,36-39,60H,5,7,11-12,15,18-19,25-27H2,1-4H3,(H2,48,61)(H,51,65)(H,52,67)(H,53,62)(H,54,66)(H,55,59)(H,56,63)(H,57,64)/t31?,32-,34?,36-,37-,38?,39+/m0/s1. The van der Waals surface area contributed by atoms with Gasteiger partial charge in [0.1, 0.15) is 23.8 Å². The molecule has 9 amide bonds. The lowest BCUT2D eigenvalue weighted by Gasteiger charge is -2.35. The molecule has 1 aliphatic carbocycles. The van der Waals surface area contributed by atoms with Gasteiger partial charge in [-0.1, -0.05) is 102 Å². The summed E-state index contributed by atoms with van der Waals surface area (Å²) in [4.78, 5) is 117. The number of carbonyl (C=O) groups is 8. The smallest absolute Gasteiger partial charge is 0.321 e. The number of carbonyl (C=O) groups excluding carboxylic acids is 8. The third-order valence-corrected chi connectivity index (χ3v) is 11.9.